The van der Waals surface area contributed by atoms with E-state index in [2.05, 4.69) is 21.0 Å². The average Bonchev–Trinajstić information content (AvgIpc) is 2.79. The number of sulfonamides is 1. The number of carbonyl (C=O) groups is 1. The largest absolute Gasteiger partial charge is 0.348 e. The van der Waals surface area contributed by atoms with Crippen molar-refractivity contribution in [1.82, 2.24) is 14.9 Å². The third-order valence-corrected chi connectivity index (χ3v) is 6.83. The van der Waals surface area contributed by atoms with Crippen LogP contribution in [0.25, 0.3) is 0 Å². The molecule has 31 heavy (non-hydrogen) atoms. The molecule has 1 fully saturated rings. The molecule has 1 saturated heterocycles. The topological polar surface area (TPSA) is 102 Å². The molecule has 0 aliphatic carbocycles. The smallest absolute Gasteiger partial charge is 0.251 e. The minimum Gasteiger partial charge on any atom is -0.348 e. The maximum atomic E-state index is 12.6. The van der Waals surface area contributed by atoms with Gasteiger partial charge in [-0.05, 0) is 61.3 Å². The Bertz CT molecular complexity index is 1020. The van der Waals surface area contributed by atoms with E-state index in [1.165, 1.54) is 49.1 Å². The van der Waals surface area contributed by atoms with Gasteiger partial charge in [-0.2, -0.15) is 5.26 Å². The molecular formula is C23H28N4O3S. The third kappa shape index (κ3) is 6.62. The van der Waals surface area contributed by atoms with Crippen molar-refractivity contribution in [2.24, 2.45) is 0 Å². The summed E-state index contributed by atoms with van der Waals surface area (Å²) in [4.78, 5) is 15.1. The van der Waals surface area contributed by atoms with Crippen molar-refractivity contribution in [2.75, 3.05) is 19.6 Å². The van der Waals surface area contributed by atoms with Gasteiger partial charge in [0.25, 0.3) is 5.91 Å². The van der Waals surface area contributed by atoms with E-state index < -0.39 is 10.0 Å². The zero-order valence-corrected chi connectivity index (χ0v) is 18.3. The number of likely N-dealkylation sites (tertiary alicyclic amines) is 1. The summed E-state index contributed by atoms with van der Waals surface area (Å²) in [5.41, 5.74) is 2.70. The molecule has 1 heterocycles. The summed E-state index contributed by atoms with van der Waals surface area (Å²) in [7, 11) is -3.69. The zero-order valence-electron chi connectivity index (χ0n) is 17.5. The van der Waals surface area contributed by atoms with Gasteiger partial charge in [0.05, 0.1) is 11.0 Å². The van der Waals surface area contributed by atoms with Crippen LogP contribution in [0.1, 0.15) is 47.2 Å². The summed E-state index contributed by atoms with van der Waals surface area (Å²) < 4.78 is 26.7. The highest BCUT2D eigenvalue weighted by Crippen LogP contribution is 2.16. The molecule has 3 rings (SSSR count). The molecule has 0 atom stereocenters. The van der Waals surface area contributed by atoms with Crippen molar-refractivity contribution in [3.05, 3.63) is 65.2 Å². The third-order valence-electron chi connectivity index (χ3n) is 5.36. The Kier molecular flexibility index (Phi) is 8.18. The van der Waals surface area contributed by atoms with Crippen LogP contribution in [0, 0.1) is 11.3 Å². The second-order valence-electron chi connectivity index (χ2n) is 7.62. The average molecular weight is 441 g/mol. The number of benzene rings is 2. The van der Waals surface area contributed by atoms with Gasteiger partial charge >= 0.3 is 0 Å². The first-order chi connectivity index (χ1) is 15.0. The lowest BCUT2D eigenvalue weighted by molar-refractivity contribution is 0.0950. The highest BCUT2D eigenvalue weighted by molar-refractivity contribution is 7.89. The fourth-order valence-electron chi connectivity index (χ4n) is 3.63. The molecule has 8 heteroatoms. The van der Waals surface area contributed by atoms with Crippen LogP contribution >= 0.6 is 0 Å². The summed E-state index contributed by atoms with van der Waals surface area (Å²) in [6, 6.07) is 15.8. The van der Waals surface area contributed by atoms with E-state index in [1.54, 1.807) is 0 Å². The maximum Gasteiger partial charge on any atom is 0.251 e. The van der Waals surface area contributed by atoms with Crippen molar-refractivity contribution in [3.63, 3.8) is 0 Å². The van der Waals surface area contributed by atoms with E-state index in [1.807, 2.05) is 24.3 Å². The number of hydrogen-bond donors (Lipinski definition) is 2. The van der Waals surface area contributed by atoms with Crippen LogP contribution in [0.15, 0.2) is 53.4 Å². The van der Waals surface area contributed by atoms with Crippen LogP contribution in [0.3, 0.4) is 0 Å². The minimum atomic E-state index is -3.69. The van der Waals surface area contributed by atoms with Crippen molar-refractivity contribution in [2.45, 2.75) is 43.7 Å². The van der Waals surface area contributed by atoms with Crippen LogP contribution in [0.5, 0.6) is 0 Å². The lowest BCUT2D eigenvalue weighted by Crippen LogP contribution is -2.30. The standard InChI is InChI=1S/C23H28N4O3S/c24-13-6-14-26-31(29,30)22-11-9-19(10-12-22)23(28)25-17-20-7-2-3-8-21(20)18-27-15-4-1-5-16-27/h2-3,7-12,26H,1,4-6,14-18H2,(H,25,28). The Morgan fingerprint density at radius 3 is 2.35 bits per heavy atom. The summed E-state index contributed by atoms with van der Waals surface area (Å²) in [5.74, 6) is -0.255. The first-order valence-electron chi connectivity index (χ1n) is 10.5. The molecule has 0 aromatic heterocycles. The Hall–Kier alpha value is -2.73. The van der Waals surface area contributed by atoms with E-state index in [0.29, 0.717) is 12.1 Å². The van der Waals surface area contributed by atoms with Gasteiger partial charge in [0.1, 0.15) is 0 Å². The van der Waals surface area contributed by atoms with Gasteiger partial charge < -0.3 is 5.32 Å². The minimum absolute atomic E-state index is 0.0535. The van der Waals surface area contributed by atoms with Crippen molar-refractivity contribution >= 4 is 15.9 Å². The molecule has 2 aromatic carbocycles. The lowest BCUT2D eigenvalue weighted by atomic mass is 10.0. The zero-order chi connectivity index (χ0) is 22.1. The van der Waals surface area contributed by atoms with Crippen LogP contribution in [-0.2, 0) is 23.1 Å². The Labute approximate surface area is 184 Å². The van der Waals surface area contributed by atoms with E-state index in [4.69, 9.17) is 5.26 Å². The molecule has 164 valence electrons. The highest BCUT2D eigenvalue weighted by atomic mass is 32.2. The molecule has 2 N–H and O–H groups in total. The molecule has 1 aliphatic heterocycles. The van der Waals surface area contributed by atoms with Crippen molar-refractivity contribution < 1.29 is 13.2 Å². The molecule has 1 aliphatic rings. The Morgan fingerprint density at radius 1 is 1.00 bits per heavy atom. The number of piperidine rings is 1. The van der Waals surface area contributed by atoms with Gasteiger partial charge in [-0.25, -0.2) is 13.1 Å². The van der Waals surface area contributed by atoms with Gasteiger partial charge in [0.15, 0.2) is 0 Å². The monoisotopic (exact) mass is 440 g/mol. The van der Waals surface area contributed by atoms with Crippen molar-refractivity contribution in [1.29, 1.82) is 5.26 Å². The molecular weight excluding hydrogens is 412 g/mol. The predicted molar refractivity (Wildman–Crippen MR) is 119 cm³/mol. The summed E-state index contributed by atoms with van der Waals surface area (Å²) in [5, 5.41) is 11.5. The molecule has 2 aromatic rings. The number of carbonyl (C=O) groups excluding carboxylic acids is 1. The second-order valence-corrected chi connectivity index (χ2v) is 9.39. The molecule has 0 bridgehead atoms. The van der Waals surface area contributed by atoms with Gasteiger partial charge in [-0.3, -0.25) is 9.69 Å². The summed E-state index contributed by atoms with van der Waals surface area (Å²) >= 11 is 0. The molecule has 0 radical (unpaired) electrons. The SMILES string of the molecule is N#CCCNS(=O)(=O)c1ccc(C(=O)NCc2ccccc2CN2CCCCC2)cc1. The van der Waals surface area contributed by atoms with Crippen LogP contribution in [0.2, 0.25) is 0 Å². The second kappa shape index (κ2) is 11.0. The maximum absolute atomic E-state index is 12.6. The number of nitrogens with one attached hydrogen (secondary N) is 2. The summed E-state index contributed by atoms with van der Waals surface area (Å²) in [6.45, 7) is 3.58. The van der Waals surface area contributed by atoms with E-state index in [9.17, 15) is 13.2 Å². The predicted octanol–water partition coefficient (Wildman–Crippen LogP) is 2.79. The molecule has 7 nitrogen and oxygen atoms in total. The summed E-state index contributed by atoms with van der Waals surface area (Å²) in [6.07, 6.45) is 3.86. The number of rotatable bonds is 9. The normalized spacial score (nSPS) is 14.7. The Balaban J connectivity index is 1.59. The number of hydrogen-bond acceptors (Lipinski definition) is 5. The van der Waals surface area contributed by atoms with E-state index in [0.717, 1.165) is 25.2 Å². The number of nitrogens with zero attached hydrogens (tertiary/aromatic N) is 2. The van der Waals surface area contributed by atoms with Crippen LogP contribution in [-0.4, -0.2) is 38.9 Å². The first-order valence-corrected chi connectivity index (χ1v) is 12.0. The molecule has 1 amide bonds. The number of amides is 1. The van der Waals surface area contributed by atoms with Gasteiger partial charge in [-0.15, -0.1) is 0 Å². The fraction of sp³-hybridized carbons (Fsp3) is 0.391. The quantitative estimate of drug-likeness (QED) is 0.584. The highest BCUT2D eigenvalue weighted by Gasteiger charge is 2.15. The number of nitriles is 1. The van der Waals surface area contributed by atoms with E-state index >= 15 is 0 Å². The van der Waals surface area contributed by atoms with Gasteiger partial charge in [0.2, 0.25) is 10.0 Å². The van der Waals surface area contributed by atoms with Gasteiger partial charge in [-0.1, -0.05) is 30.7 Å². The van der Waals surface area contributed by atoms with Crippen LogP contribution in [0.4, 0.5) is 0 Å². The fourth-order valence-corrected chi connectivity index (χ4v) is 4.66. The molecule has 0 spiro atoms. The van der Waals surface area contributed by atoms with Gasteiger partial charge in [0, 0.05) is 31.6 Å². The first kappa shape index (κ1) is 22.9. The molecule has 0 saturated carbocycles. The van der Waals surface area contributed by atoms with E-state index in [-0.39, 0.29) is 23.8 Å². The Morgan fingerprint density at radius 2 is 1.68 bits per heavy atom. The lowest BCUT2D eigenvalue weighted by Gasteiger charge is -2.27. The van der Waals surface area contributed by atoms with Crippen molar-refractivity contribution in [3.8, 4) is 6.07 Å². The van der Waals surface area contributed by atoms with Crippen LogP contribution < -0.4 is 10.0 Å². The molecule has 0 unspecified atom stereocenters.